The second-order valence-electron chi connectivity index (χ2n) is 2.57. The summed E-state index contributed by atoms with van der Waals surface area (Å²) in [7, 11) is -0.939. The van der Waals surface area contributed by atoms with E-state index in [-0.39, 0.29) is 5.69 Å². The molecule has 66 valence electrons. The molecule has 12 heavy (non-hydrogen) atoms. The van der Waals surface area contributed by atoms with Crippen molar-refractivity contribution in [1.29, 1.82) is 0 Å². The van der Waals surface area contributed by atoms with Crippen molar-refractivity contribution in [3.05, 3.63) is 29.6 Å². The normalized spacial score (nSPS) is 12.8. The predicted octanol–water partition coefficient (Wildman–Crippen LogP) is 1.29. The van der Waals surface area contributed by atoms with E-state index < -0.39 is 16.6 Å². The Hall–Kier alpha value is -0.900. The van der Waals surface area contributed by atoms with Crippen LogP contribution in [0.1, 0.15) is 5.56 Å². The maximum atomic E-state index is 12.8. The van der Waals surface area contributed by atoms with Crippen LogP contribution in [0, 0.1) is 5.82 Å². The Bertz CT molecular complexity index is 314. The predicted molar refractivity (Wildman–Crippen MR) is 48.6 cm³/mol. The lowest BCUT2D eigenvalue weighted by atomic mass is 10.2. The monoisotopic (exact) mass is 187 g/mol. The van der Waals surface area contributed by atoms with Crippen molar-refractivity contribution in [1.82, 2.24) is 0 Å². The fourth-order valence-corrected chi connectivity index (χ4v) is 1.54. The SMILES string of the molecule is CS(=O)Cc1ccc(N)c(F)c1. The van der Waals surface area contributed by atoms with Crippen LogP contribution in [0.4, 0.5) is 10.1 Å². The minimum atomic E-state index is -0.939. The summed E-state index contributed by atoms with van der Waals surface area (Å²) in [6, 6.07) is 4.48. The van der Waals surface area contributed by atoms with E-state index >= 15 is 0 Å². The van der Waals surface area contributed by atoms with Crippen molar-refractivity contribution in [2.75, 3.05) is 12.0 Å². The smallest absolute Gasteiger partial charge is 0.146 e. The minimum Gasteiger partial charge on any atom is -0.396 e. The molecule has 0 heterocycles. The summed E-state index contributed by atoms with van der Waals surface area (Å²) in [6.07, 6.45) is 1.58. The molecule has 1 aromatic rings. The Labute approximate surface area is 73.0 Å². The molecule has 0 saturated carbocycles. The van der Waals surface area contributed by atoms with Gasteiger partial charge in [-0.3, -0.25) is 4.21 Å². The molecule has 0 bridgehead atoms. The van der Waals surface area contributed by atoms with Gasteiger partial charge in [-0.05, 0) is 17.7 Å². The van der Waals surface area contributed by atoms with Gasteiger partial charge in [-0.25, -0.2) is 4.39 Å². The van der Waals surface area contributed by atoms with Crippen LogP contribution in [-0.4, -0.2) is 10.5 Å². The van der Waals surface area contributed by atoms with Crippen molar-refractivity contribution < 1.29 is 8.60 Å². The van der Waals surface area contributed by atoms with Gasteiger partial charge in [0.1, 0.15) is 5.82 Å². The summed E-state index contributed by atoms with van der Waals surface area (Å²) in [5.41, 5.74) is 6.10. The zero-order valence-corrected chi connectivity index (χ0v) is 7.53. The summed E-state index contributed by atoms with van der Waals surface area (Å²) >= 11 is 0. The first kappa shape index (κ1) is 9.19. The zero-order valence-electron chi connectivity index (χ0n) is 6.71. The van der Waals surface area contributed by atoms with E-state index in [9.17, 15) is 8.60 Å². The Balaban J connectivity index is 2.89. The maximum absolute atomic E-state index is 12.8. The molecule has 1 aromatic carbocycles. The molecule has 1 unspecified atom stereocenters. The third-order valence-corrected chi connectivity index (χ3v) is 2.17. The Morgan fingerprint density at radius 1 is 1.58 bits per heavy atom. The molecule has 0 amide bonds. The minimum absolute atomic E-state index is 0.126. The van der Waals surface area contributed by atoms with Crippen molar-refractivity contribution in [2.24, 2.45) is 0 Å². The van der Waals surface area contributed by atoms with Gasteiger partial charge in [0, 0.05) is 22.8 Å². The summed E-state index contributed by atoms with van der Waals surface area (Å²) in [6.45, 7) is 0. The van der Waals surface area contributed by atoms with E-state index in [1.807, 2.05) is 0 Å². The number of rotatable bonds is 2. The summed E-state index contributed by atoms with van der Waals surface area (Å²) in [5, 5.41) is 0. The molecule has 2 nitrogen and oxygen atoms in total. The van der Waals surface area contributed by atoms with E-state index in [0.717, 1.165) is 0 Å². The average Bonchev–Trinajstić information content (AvgIpc) is 1.96. The molecule has 0 aliphatic rings. The van der Waals surface area contributed by atoms with Gasteiger partial charge < -0.3 is 5.73 Å². The van der Waals surface area contributed by atoms with Crippen LogP contribution in [0.3, 0.4) is 0 Å². The van der Waals surface area contributed by atoms with Crippen molar-refractivity contribution >= 4 is 16.5 Å². The number of hydrogen-bond acceptors (Lipinski definition) is 2. The highest BCUT2D eigenvalue weighted by Crippen LogP contribution is 2.12. The van der Waals surface area contributed by atoms with Crippen LogP contribution in [0.5, 0.6) is 0 Å². The van der Waals surface area contributed by atoms with Crippen LogP contribution in [0.2, 0.25) is 0 Å². The molecule has 0 saturated heterocycles. The Morgan fingerprint density at radius 2 is 2.25 bits per heavy atom. The van der Waals surface area contributed by atoms with E-state index in [4.69, 9.17) is 5.73 Å². The third-order valence-electron chi connectivity index (χ3n) is 1.43. The fourth-order valence-electron chi connectivity index (χ4n) is 0.895. The Kier molecular flexibility index (Phi) is 2.81. The number of nitrogen functional groups attached to an aromatic ring is 1. The van der Waals surface area contributed by atoms with E-state index in [1.165, 1.54) is 12.1 Å². The summed E-state index contributed by atoms with van der Waals surface area (Å²) in [4.78, 5) is 0. The molecule has 0 radical (unpaired) electrons. The highest BCUT2D eigenvalue weighted by atomic mass is 32.2. The number of nitrogens with two attached hydrogens (primary N) is 1. The number of anilines is 1. The molecular weight excluding hydrogens is 177 g/mol. The lowest BCUT2D eigenvalue weighted by Crippen LogP contribution is -1.95. The van der Waals surface area contributed by atoms with E-state index in [1.54, 1.807) is 12.3 Å². The van der Waals surface area contributed by atoms with Gasteiger partial charge in [0.2, 0.25) is 0 Å². The van der Waals surface area contributed by atoms with Gasteiger partial charge in [0.25, 0.3) is 0 Å². The lowest BCUT2D eigenvalue weighted by molar-refractivity contribution is 0.631. The first-order valence-electron chi connectivity index (χ1n) is 3.43. The third kappa shape index (κ3) is 2.30. The molecule has 4 heteroatoms. The van der Waals surface area contributed by atoms with Gasteiger partial charge in [0.15, 0.2) is 0 Å². The second kappa shape index (κ2) is 3.67. The zero-order chi connectivity index (χ0) is 9.14. The number of hydrogen-bond donors (Lipinski definition) is 1. The maximum Gasteiger partial charge on any atom is 0.146 e. The van der Waals surface area contributed by atoms with Crippen LogP contribution in [0.15, 0.2) is 18.2 Å². The molecule has 0 fully saturated rings. The fraction of sp³-hybridized carbons (Fsp3) is 0.250. The number of benzene rings is 1. The van der Waals surface area contributed by atoms with Crippen LogP contribution < -0.4 is 5.73 Å². The summed E-state index contributed by atoms with van der Waals surface area (Å²) in [5.74, 6) is -0.0741. The van der Waals surface area contributed by atoms with Gasteiger partial charge in [-0.1, -0.05) is 6.07 Å². The molecule has 0 aromatic heterocycles. The van der Waals surface area contributed by atoms with E-state index in [0.29, 0.717) is 11.3 Å². The molecule has 1 atom stereocenters. The van der Waals surface area contributed by atoms with Gasteiger partial charge in [0.05, 0.1) is 5.69 Å². The van der Waals surface area contributed by atoms with Crippen molar-refractivity contribution in [2.45, 2.75) is 5.75 Å². The lowest BCUT2D eigenvalue weighted by Gasteiger charge is -2.00. The number of halogens is 1. The molecule has 1 rings (SSSR count). The van der Waals surface area contributed by atoms with Gasteiger partial charge >= 0.3 is 0 Å². The van der Waals surface area contributed by atoms with Crippen molar-refractivity contribution in [3.8, 4) is 0 Å². The average molecular weight is 187 g/mol. The van der Waals surface area contributed by atoms with Crippen molar-refractivity contribution in [3.63, 3.8) is 0 Å². The first-order valence-corrected chi connectivity index (χ1v) is 5.16. The quantitative estimate of drug-likeness (QED) is 0.709. The molecule has 2 N–H and O–H groups in total. The topological polar surface area (TPSA) is 43.1 Å². The molecule has 0 aliphatic heterocycles. The van der Waals surface area contributed by atoms with Gasteiger partial charge in [-0.2, -0.15) is 0 Å². The van der Waals surface area contributed by atoms with Crippen LogP contribution >= 0.6 is 0 Å². The van der Waals surface area contributed by atoms with Gasteiger partial charge in [-0.15, -0.1) is 0 Å². The molecule has 0 aliphatic carbocycles. The molecule has 0 spiro atoms. The largest absolute Gasteiger partial charge is 0.396 e. The second-order valence-corrected chi connectivity index (χ2v) is 4.01. The van der Waals surface area contributed by atoms with Crippen LogP contribution in [0.25, 0.3) is 0 Å². The summed E-state index contributed by atoms with van der Waals surface area (Å²) < 4.78 is 23.6. The molecular formula is C8H10FNOS. The first-order chi connectivity index (χ1) is 5.59. The highest BCUT2D eigenvalue weighted by molar-refractivity contribution is 7.83. The Morgan fingerprint density at radius 3 is 2.75 bits per heavy atom. The van der Waals surface area contributed by atoms with Crippen LogP contribution in [-0.2, 0) is 16.6 Å². The highest BCUT2D eigenvalue weighted by Gasteiger charge is 2.00. The van der Waals surface area contributed by atoms with E-state index in [2.05, 4.69) is 0 Å². The standard InChI is InChI=1S/C8H10FNOS/c1-12(11)5-6-2-3-8(10)7(9)4-6/h2-4H,5,10H2,1H3.